The van der Waals surface area contributed by atoms with Crippen molar-refractivity contribution in [3.8, 4) is 5.75 Å². The molecule has 0 radical (unpaired) electrons. The van der Waals surface area contributed by atoms with E-state index in [4.69, 9.17) is 20.9 Å². The van der Waals surface area contributed by atoms with Crippen LogP contribution in [-0.2, 0) is 0 Å². The molecule has 24 heavy (non-hydrogen) atoms. The van der Waals surface area contributed by atoms with Gasteiger partial charge in [-0.05, 0) is 18.0 Å². The lowest BCUT2D eigenvalue weighted by atomic mass is 9.96. The zero-order valence-corrected chi connectivity index (χ0v) is 14.3. The maximum absolute atomic E-state index is 14.5. The highest BCUT2D eigenvalue weighted by Crippen LogP contribution is 2.26. The molecule has 3 rings (SSSR count). The number of anilines is 1. The van der Waals surface area contributed by atoms with Crippen molar-refractivity contribution in [3.63, 3.8) is 0 Å². The minimum atomic E-state index is -1.04. The summed E-state index contributed by atoms with van der Waals surface area (Å²) in [5.74, 6) is 1.08. The highest BCUT2D eigenvalue weighted by molar-refractivity contribution is 6.28. The van der Waals surface area contributed by atoms with Crippen molar-refractivity contribution in [2.75, 3.05) is 24.6 Å². The number of aromatic nitrogens is 4. The van der Waals surface area contributed by atoms with E-state index in [-0.39, 0.29) is 30.3 Å². The summed E-state index contributed by atoms with van der Waals surface area (Å²) in [5, 5.41) is 4.07. The fourth-order valence-electron chi connectivity index (χ4n) is 2.48. The lowest BCUT2D eigenvalue weighted by Crippen LogP contribution is -2.44. The average Bonchev–Trinajstić information content (AvgIpc) is 3.05. The molecule has 0 N–H and O–H groups in total. The van der Waals surface area contributed by atoms with Gasteiger partial charge in [0.05, 0.1) is 25.5 Å². The molecule has 130 valence electrons. The minimum Gasteiger partial charge on any atom is -0.490 e. The maximum Gasteiger partial charge on any atom is 0.324 e. The standard InChI is InChI=1S/C15H19ClFN5O2/c1-9(2)13-20-15(24-21-13)22-4-3-10(12(17)7-22)8-23-11-5-18-14(16)19-6-11/h5-6,9-10,12H,3-4,7-8H2,1-2H3/t10-,12-/m1/s1. The topological polar surface area (TPSA) is 77.2 Å². The largest absolute Gasteiger partial charge is 0.490 e. The van der Waals surface area contributed by atoms with Crippen LogP contribution in [-0.4, -0.2) is 46.0 Å². The van der Waals surface area contributed by atoms with Gasteiger partial charge in [0.25, 0.3) is 0 Å². The maximum atomic E-state index is 14.5. The van der Waals surface area contributed by atoms with E-state index >= 15 is 0 Å². The molecule has 2 aromatic rings. The predicted octanol–water partition coefficient (Wildman–Crippen LogP) is 2.88. The first-order chi connectivity index (χ1) is 11.5. The molecule has 1 aliphatic heterocycles. The summed E-state index contributed by atoms with van der Waals surface area (Å²) < 4.78 is 25.2. The summed E-state index contributed by atoms with van der Waals surface area (Å²) >= 11 is 5.62. The normalized spacial score (nSPS) is 21.3. The molecule has 3 heterocycles. The SMILES string of the molecule is CC(C)c1noc(N2CC[C@H](COc3cnc(Cl)nc3)[C@H](F)C2)n1. The van der Waals surface area contributed by atoms with Gasteiger partial charge in [-0.25, -0.2) is 14.4 Å². The third-order valence-electron chi connectivity index (χ3n) is 3.95. The summed E-state index contributed by atoms with van der Waals surface area (Å²) in [4.78, 5) is 13.8. The van der Waals surface area contributed by atoms with Crippen LogP contribution in [0.15, 0.2) is 16.9 Å². The smallest absolute Gasteiger partial charge is 0.324 e. The van der Waals surface area contributed by atoms with Gasteiger partial charge in [0, 0.05) is 18.4 Å². The summed E-state index contributed by atoms with van der Waals surface area (Å²) in [7, 11) is 0. The Morgan fingerprint density at radius 3 is 2.79 bits per heavy atom. The Bertz CT molecular complexity index is 666. The van der Waals surface area contributed by atoms with Crippen molar-refractivity contribution in [3.05, 3.63) is 23.5 Å². The monoisotopic (exact) mass is 355 g/mol. The fraction of sp³-hybridized carbons (Fsp3) is 0.600. The second-order valence-corrected chi connectivity index (χ2v) is 6.44. The van der Waals surface area contributed by atoms with E-state index in [9.17, 15) is 4.39 Å². The Balaban J connectivity index is 1.53. The summed E-state index contributed by atoms with van der Waals surface area (Å²) in [6, 6.07) is 0.381. The molecule has 2 aromatic heterocycles. The zero-order chi connectivity index (χ0) is 17.1. The second-order valence-electron chi connectivity index (χ2n) is 6.10. The van der Waals surface area contributed by atoms with Gasteiger partial charge in [0.1, 0.15) is 6.17 Å². The highest BCUT2D eigenvalue weighted by Gasteiger charge is 2.32. The van der Waals surface area contributed by atoms with Crippen LogP contribution in [0.2, 0.25) is 5.28 Å². The molecule has 0 aliphatic carbocycles. The number of hydrogen-bond donors (Lipinski definition) is 0. The van der Waals surface area contributed by atoms with Crippen LogP contribution in [0.25, 0.3) is 0 Å². The van der Waals surface area contributed by atoms with Gasteiger partial charge in [0.2, 0.25) is 5.28 Å². The van der Waals surface area contributed by atoms with Gasteiger partial charge in [0.15, 0.2) is 11.6 Å². The van der Waals surface area contributed by atoms with Crippen molar-refractivity contribution in [2.24, 2.45) is 5.92 Å². The number of alkyl halides is 1. The number of rotatable bonds is 5. The highest BCUT2D eigenvalue weighted by atomic mass is 35.5. The molecule has 7 nitrogen and oxygen atoms in total. The van der Waals surface area contributed by atoms with Crippen LogP contribution in [0.3, 0.4) is 0 Å². The Kier molecular flexibility index (Phi) is 5.13. The predicted molar refractivity (Wildman–Crippen MR) is 86.1 cm³/mol. The number of piperidine rings is 1. The van der Waals surface area contributed by atoms with E-state index in [0.717, 1.165) is 0 Å². The van der Waals surface area contributed by atoms with Crippen molar-refractivity contribution in [1.29, 1.82) is 0 Å². The molecule has 0 unspecified atom stereocenters. The van der Waals surface area contributed by atoms with E-state index in [2.05, 4.69) is 20.1 Å². The number of hydrogen-bond acceptors (Lipinski definition) is 7. The first-order valence-electron chi connectivity index (χ1n) is 7.86. The van der Waals surface area contributed by atoms with Gasteiger partial charge in [-0.2, -0.15) is 4.98 Å². The fourth-order valence-corrected chi connectivity index (χ4v) is 2.58. The van der Waals surface area contributed by atoms with E-state index in [1.165, 1.54) is 12.4 Å². The molecule has 0 bridgehead atoms. The lowest BCUT2D eigenvalue weighted by molar-refractivity contribution is 0.129. The van der Waals surface area contributed by atoms with Crippen molar-refractivity contribution in [1.82, 2.24) is 20.1 Å². The first-order valence-corrected chi connectivity index (χ1v) is 8.23. The first kappa shape index (κ1) is 16.9. The lowest BCUT2D eigenvalue weighted by Gasteiger charge is -2.33. The Morgan fingerprint density at radius 2 is 2.17 bits per heavy atom. The van der Waals surface area contributed by atoms with Crippen molar-refractivity contribution >= 4 is 17.6 Å². The van der Waals surface area contributed by atoms with Gasteiger partial charge in [-0.1, -0.05) is 19.0 Å². The summed E-state index contributed by atoms with van der Waals surface area (Å²) in [6.07, 6.45) is 2.55. The zero-order valence-electron chi connectivity index (χ0n) is 13.5. The Morgan fingerprint density at radius 1 is 1.42 bits per heavy atom. The van der Waals surface area contributed by atoms with Gasteiger partial charge >= 0.3 is 6.01 Å². The second kappa shape index (κ2) is 7.29. The van der Waals surface area contributed by atoms with Crippen LogP contribution in [0, 0.1) is 5.92 Å². The van der Waals surface area contributed by atoms with Crippen LogP contribution in [0.1, 0.15) is 32.0 Å². The molecule has 0 spiro atoms. The van der Waals surface area contributed by atoms with Crippen LogP contribution in [0.5, 0.6) is 5.75 Å². The molecule has 2 atom stereocenters. The van der Waals surface area contributed by atoms with E-state index in [1.54, 1.807) is 4.90 Å². The van der Waals surface area contributed by atoms with Gasteiger partial charge in [-0.3, -0.25) is 0 Å². The molecule has 0 aromatic carbocycles. The quantitative estimate of drug-likeness (QED) is 0.763. The average molecular weight is 356 g/mol. The molecular weight excluding hydrogens is 337 g/mol. The molecule has 0 amide bonds. The molecule has 1 fully saturated rings. The van der Waals surface area contributed by atoms with Crippen LogP contribution in [0.4, 0.5) is 10.4 Å². The number of nitrogens with zero attached hydrogens (tertiary/aromatic N) is 5. The summed E-state index contributed by atoms with van der Waals surface area (Å²) in [5.41, 5.74) is 0. The van der Waals surface area contributed by atoms with Crippen molar-refractivity contribution in [2.45, 2.75) is 32.4 Å². The van der Waals surface area contributed by atoms with Gasteiger partial charge < -0.3 is 14.2 Å². The van der Waals surface area contributed by atoms with E-state index in [1.807, 2.05) is 13.8 Å². The Hall–Kier alpha value is -1.96. The van der Waals surface area contributed by atoms with Crippen LogP contribution >= 0.6 is 11.6 Å². The Labute approximate surface area is 144 Å². The molecule has 9 heteroatoms. The number of ether oxygens (including phenoxy) is 1. The minimum absolute atomic E-state index is 0.152. The molecule has 1 aliphatic rings. The third-order valence-corrected chi connectivity index (χ3v) is 4.15. The van der Waals surface area contributed by atoms with Crippen LogP contribution < -0.4 is 9.64 Å². The third kappa shape index (κ3) is 3.92. The van der Waals surface area contributed by atoms with Gasteiger partial charge in [-0.15, -0.1) is 0 Å². The summed E-state index contributed by atoms with van der Waals surface area (Å²) in [6.45, 7) is 5.09. The number of halogens is 2. The molecule has 1 saturated heterocycles. The van der Waals surface area contributed by atoms with Crippen molar-refractivity contribution < 1.29 is 13.7 Å². The van der Waals surface area contributed by atoms with E-state index < -0.39 is 6.17 Å². The molecule has 0 saturated carbocycles. The molecular formula is C15H19ClFN5O2. The van der Waals surface area contributed by atoms with E-state index in [0.29, 0.717) is 30.6 Å².